The van der Waals surface area contributed by atoms with Gasteiger partial charge in [0.2, 0.25) is 5.95 Å². The highest BCUT2D eigenvalue weighted by Gasteiger charge is 2.25. The van der Waals surface area contributed by atoms with Crippen LogP contribution < -0.4 is 0 Å². The van der Waals surface area contributed by atoms with Crippen molar-refractivity contribution in [2.24, 2.45) is 5.41 Å². The minimum atomic E-state index is -0.472. The van der Waals surface area contributed by atoms with Crippen molar-refractivity contribution in [1.82, 2.24) is 9.97 Å². The second kappa shape index (κ2) is 4.99. The van der Waals surface area contributed by atoms with Gasteiger partial charge in [-0.1, -0.05) is 19.9 Å². The SMILES string of the molecule is CC1(C)CCc2nc(C#Cc3nc(F)cs3)ccc2C1. The number of aryl methyl sites for hydroxylation is 1. The van der Waals surface area contributed by atoms with Gasteiger partial charge < -0.3 is 0 Å². The van der Waals surface area contributed by atoms with Crippen LogP contribution in [0.15, 0.2) is 17.5 Å². The van der Waals surface area contributed by atoms with Crippen molar-refractivity contribution in [1.29, 1.82) is 0 Å². The lowest BCUT2D eigenvalue weighted by Gasteiger charge is -2.30. The molecule has 0 bridgehead atoms. The molecule has 0 atom stereocenters. The molecule has 0 aliphatic heterocycles. The molecule has 0 saturated heterocycles. The minimum Gasteiger partial charge on any atom is -0.244 e. The molecular weight excluding hydrogens is 271 g/mol. The number of pyridine rings is 1. The van der Waals surface area contributed by atoms with E-state index < -0.39 is 5.95 Å². The summed E-state index contributed by atoms with van der Waals surface area (Å²) in [5.74, 6) is 5.35. The van der Waals surface area contributed by atoms with Gasteiger partial charge >= 0.3 is 0 Å². The van der Waals surface area contributed by atoms with Gasteiger partial charge in [0.1, 0.15) is 5.69 Å². The van der Waals surface area contributed by atoms with Crippen LogP contribution in [0.4, 0.5) is 4.39 Å². The standard InChI is InChI=1S/C16H15FN2S/c1-16(2)8-7-13-11(9-16)3-4-12(18-13)5-6-15-19-14(17)10-20-15/h3-4,10H,7-9H2,1-2H3. The predicted octanol–water partition coefficient (Wildman–Crippen LogP) is 3.59. The first-order valence-corrected chi connectivity index (χ1v) is 7.52. The number of hydrogen-bond donors (Lipinski definition) is 0. The third kappa shape index (κ3) is 2.88. The molecule has 0 N–H and O–H groups in total. The molecule has 2 nitrogen and oxygen atoms in total. The number of fused-ring (bicyclic) bond motifs is 1. The van der Waals surface area contributed by atoms with E-state index in [-0.39, 0.29) is 0 Å². The Morgan fingerprint density at radius 3 is 2.85 bits per heavy atom. The van der Waals surface area contributed by atoms with E-state index in [4.69, 9.17) is 0 Å². The van der Waals surface area contributed by atoms with Gasteiger partial charge in [-0.25, -0.2) is 4.98 Å². The van der Waals surface area contributed by atoms with Crippen LogP contribution in [0.1, 0.15) is 42.2 Å². The van der Waals surface area contributed by atoms with E-state index in [1.807, 2.05) is 6.07 Å². The monoisotopic (exact) mass is 286 g/mol. The first-order chi connectivity index (χ1) is 9.52. The Labute approximate surface area is 122 Å². The number of nitrogens with zero attached hydrogens (tertiary/aromatic N) is 2. The number of rotatable bonds is 0. The lowest BCUT2D eigenvalue weighted by Crippen LogP contribution is -2.23. The first kappa shape index (κ1) is 13.3. The Hall–Kier alpha value is -1.73. The molecule has 0 unspecified atom stereocenters. The fourth-order valence-corrected chi connectivity index (χ4v) is 2.98. The molecule has 0 saturated carbocycles. The number of halogens is 1. The average molecular weight is 286 g/mol. The Morgan fingerprint density at radius 2 is 2.10 bits per heavy atom. The maximum absolute atomic E-state index is 12.8. The predicted molar refractivity (Wildman–Crippen MR) is 78.1 cm³/mol. The second-order valence-electron chi connectivity index (χ2n) is 5.87. The smallest absolute Gasteiger partial charge is 0.224 e. The molecule has 0 spiro atoms. The van der Waals surface area contributed by atoms with E-state index in [0.29, 0.717) is 10.4 Å². The van der Waals surface area contributed by atoms with Crippen LogP contribution >= 0.6 is 11.3 Å². The van der Waals surface area contributed by atoms with Gasteiger partial charge in [0.05, 0.1) is 0 Å². The molecule has 20 heavy (non-hydrogen) atoms. The van der Waals surface area contributed by atoms with E-state index >= 15 is 0 Å². The molecule has 0 radical (unpaired) electrons. The van der Waals surface area contributed by atoms with Crippen LogP contribution in [0, 0.1) is 23.2 Å². The quantitative estimate of drug-likeness (QED) is 0.692. The summed E-state index contributed by atoms with van der Waals surface area (Å²) in [5, 5.41) is 1.84. The summed E-state index contributed by atoms with van der Waals surface area (Å²) in [4.78, 5) is 8.29. The zero-order valence-electron chi connectivity index (χ0n) is 11.5. The maximum Gasteiger partial charge on any atom is 0.224 e. The number of hydrogen-bond acceptors (Lipinski definition) is 3. The molecular formula is C16H15FN2S. The molecule has 102 valence electrons. The zero-order chi connectivity index (χ0) is 14.2. The molecule has 4 heteroatoms. The maximum atomic E-state index is 12.8. The topological polar surface area (TPSA) is 25.8 Å². The van der Waals surface area contributed by atoms with Gasteiger partial charge in [-0.15, -0.1) is 11.3 Å². The molecule has 2 aromatic rings. The summed E-state index contributed by atoms with van der Waals surface area (Å²) < 4.78 is 12.8. The van der Waals surface area contributed by atoms with Crippen LogP contribution in [0.5, 0.6) is 0 Å². The molecule has 2 heterocycles. The van der Waals surface area contributed by atoms with Crippen LogP contribution in [-0.4, -0.2) is 9.97 Å². The van der Waals surface area contributed by atoms with Gasteiger partial charge in [-0.2, -0.15) is 9.37 Å². The van der Waals surface area contributed by atoms with Gasteiger partial charge in [0, 0.05) is 11.1 Å². The van der Waals surface area contributed by atoms with E-state index in [1.165, 1.54) is 22.3 Å². The third-order valence-corrected chi connectivity index (χ3v) is 4.28. The minimum absolute atomic E-state index is 0.361. The van der Waals surface area contributed by atoms with E-state index in [2.05, 4.69) is 41.7 Å². The van der Waals surface area contributed by atoms with Gasteiger partial charge in [0.25, 0.3) is 0 Å². The molecule has 2 aromatic heterocycles. The largest absolute Gasteiger partial charge is 0.244 e. The highest BCUT2D eigenvalue weighted by Crippen LogP contribution is 2.33. The van der Waals surface area contributed by atoms with Crippen molar-refractivity contribution in [3.63, 3.8) is 0 Å². The van der Waals surface area contributed by atoms with E-state index in [1.54, 1.807) is 0 Å². The summed E-state index contributed by atoms with van der Waals surface area (Å²) in [5.41, 5.74) is 3.58. The summed E-state index contributed by atoms with van der Waals surface area (Å²) in [7, 11) is 0. The Bertz CT molecular complexity index is 707. The average Bonchev–Trinajstić information content (AvgIpc) is 2.81. The highest BCUT2D eigenvalue weighted by atomic mass is 32.1. The molecule has 1 aliphatic rings. The zero-order valence-corrected chi connectivity index (χ0v) is 12.4. The molecule has 3 rings (SSSR count). The van der Waals surface area contributed by atoms with E-state index in [0.717, 1.165) is 30.7 Å². The van der Waals surface area contributed by atoms with Crippen molar-refractivity contribution in [3.05, 3.63) is 45.4 Å². The first-order valence-electron chi connectivity index (χ1n) is 6.64. The van der Waals surface area contributed by atoms with Crippen molar-refractivity contribution >= 4 is 11.3 Å². The number of aromatic nitrogens is 2. The van der Waals surface area contributed by atoms with Gasteiger partial charge in [0.15, 0.2) is 5.01 Å². The summed E-state index contributed by atoms with van der Waals surface area (Å²) in [6.45, 7) is 4.58. The Balaban J connectivity index is 1.85. The normalized spacial score (nSPS) is 16.1. The second-order valence-corrected chi connectivity index (χ2v) is 6.73. The third-order valence-electron chi connectivity index (χ3n) is 3.55. The van der Waals surface area contributed by atoms with E-state index in [9.17, 15) is 4.39 Å². The highest BCUT2D eigenvalue weighted by molar-refractivity contribution is 7.10. The summed E-state index contributed by atoms with van der Waals surface area (Å²) in [6, 6.07) is 4.06. The van der Waals surface area contributed by atoms with Crippen LogP contribution in [0.25, 0.3) is 0 Å². The van der Waals surface area contributed by atoms with Crippen LogP contribution in [0.2, 0.25) is 0 Å². The fourth-order valence-electron chi connectivity index (χ4n) is 2.47. The molecule has 0 amide bonds. The van der Waals surface area contributed by atoms with Gasteiger partial charge in [-0.3, -0.25) is 0 Å². The lowest BCUT2D eigenvalue weighted by molar-refractivity contribution is 0.312. The van der Waals surface area contributed by atoms with Crippen LogP contribution in [0.3, 0.4) is 0 Å². The Morgan fingerprint density at radius 1 is 1.25 bits per heavy atom. The summed E-state index contributed by atoms with van der Waals surface area (Å²) in [6.07, 6.45) is 3.23. The van der Waals surface area contributed by atoms with Crippen molar-refractivity contribution in [2.45, 2.75) is 33.1 Å². The van der Waals surface area contributed by atoms with Crippen molar-refractivity contribution in [2.75, 3.05) is 0 Å². The molecule has 0 aromatic carbocycles. The van der Waals surface area contributed by atoms with Crippen molar-refractivity contribution < 1.29 is 4.39 Å². The number of thiazole rings is 1. The Kier molecular flexibility index (Phi) is 3.31. The fraction of sp³-hybridized carbons (Fsp3) is 0.375. The van der Waals surface area contributed by atoms with Crippen LogP contribution in [-0.2, 0) is 12.8 Å². The van der Waals surface area contributed by atoms with Crippen molar-refractivity contribution in [3.8, 4) is 11.8 Å². The lowest BCUT2D eigenvalue weighted by atomic mass is 9.76. The van der Waals surface area contributed by atoms with Gasteiger partial charge in [-0.05, 0) is 48.1 Å². The summed E-state index contributed by atoms with van der Waals surface area (Å²) >= 11 is 1.21. The molecule has 1 aliphatic carbocycles. The molecule has 0 fully saturated rings.